The predicted molar refractivity (Wildman–Crippen MR) is 50.3 cm³/mol. The van der Waals surface area contributed by atoms with Gasteiger partial charge in [-0.1, -0.05) is 0 Å². The summed E-state index contributed by atoms with van der Waals surface area (Å²) in [5.74, 6) is 0. The lowest BCUT2D eigenvalue weighted by molar-refractivity contribution is 0.0151. The molecule has 0 heterocycles. The molecular formula is C9H21NO2. The van der Waals surface area contributed by atoms with E-state index < -0.39 is 5.60 Å². The third-order valence-electron chi connectivity index (χ3n) is 1.66. The number of hydrogen-bond acceptors (Lipinski definition) is 3. The molecule has 0 aromatic rings. The molecule has 0 spiro atoms. The summed E-state index contributed by atoms with van der Waals surface area (Å²) in [7, 11) is 1.69. The SMILES string of the molecule is COC(C)(C)CNCC(C)(C)O. The third-order valence-corrected chi connectivity index (χ3v) is 1.66. The van der Waals surface area contributed by atoms with E-state index in [1.807, 2.05) is 13.8 Å². The molecule has 12 heavy (non-hydrogen) atoms. The highest BCUT2D eigenvalue weighted by Gasteiger charge is 2.18. The first kappa shape index (κ1) is 11.9. The zero-order valence-corrected chi connectivity index (χ0v) is 8.77. The lowest BCUT2D eigenvalue weighted by atomic mass is 10.1. The van der Waals surface area contributed by atoms with Crippen LogP contribution in [0.15, 0.2) is 0 Å². The van der Waals surface area contributed by atoms with Gasteiger partial charge in [-0.3, -0.25) is 0 Å². The molecule has 0 atom stereocenters. The lowest BCUT2D eigenvalue weighted by Crippen LogP contribution is -2.42. The second-order valence-corrected chi connectivity index (χ2v) is 4.38. The Morgan fingerprint density at radius 1 is 1.17 bits per heavy atom. The Morgan fingerprint density at radius 2 is 1.67 bits per heavy atom. The van der Waals surface area contributed by atoms with Crippen LogP contribution in [0.4, 0.5) is 0 Å². The van der Waals surface area contributed by atoms with E-state index in [2.05, 4.69) is 5.32 Å². The maximum atomic E-state index is 9.38. The largest absolute Gasteiger partial charge is 0.389 e. The van der Waals surface area contributed by atoms with E-state index in [4.69, 9.17) is 4.74 Å². The molecule has 0 bridgehead atoms. The molecule has 2 N–H and O–H groups in total. The number of aliphatic hydroxyl groups is 1. The monoisotopic (exact) mass is 175 g/mol. The molecule has 0 aliphatic heterocycles. The van der Waals surface area contributed by atoms with E-state index in [0.29, 0.717) is 6.54 Å². The van der Waals surface area contributed by atoms with E-state index in [9.17, 15) is 5.11 Å². The maximum Gasteiger partial charge on any atom is 0.0746 e. The van der Waals surface area contributed by atoms with Crippen LogP contribution >= 0.6 is 0 Å². The van der Waals surface area contributed by atoms with Gasteiger partial charge in [-0.15, -0.1) is 0 Å². The van der Waals surface area contributed by atoms with Crippen molar-refractivity contribution in [2.75, 3.05) is 20.2 Å². The van der Waals surface area contributed by atoms with Gasteiger partial charge in [0, 0.05) is 20.2 Å². The smallest absolute Gasteiger partial charge is 0.0746 e. The van der Waals surface area contributed by atoms with E-state index >= 15 is 0 Å². The van der Waals surface area contributed by atoms with Gasteiger partial charge in [-0.05, 0) is 27.7 Å². The van der Waals surface area contributed by atoms with E-state index in [-0.39, 0.29) is 5.60 Å². The lowest BCUT2D eigenvalue weighted by Gasteiger charge is -2.25. The summed E-state index contributed by atoms with van der Waals surface area (Å²) in [4.78, 5) is 0. The van der Waals surface area contributed by atoms with Crippen LogP contribution in [-0.2, 0) is 4.74 Å². The predicted octanol–water partition coefficient (Wildman–Crippen LogP) is 0.772. The second kappa shape index (κ2) is 4.21. The van der Waals surface area contributed by atoms with Crippen molar-refractivity contribution < 1.29 is 9.84 Å². The van der Waals surface area contributed by atoms with Crippen molar-refractivity contribution in [3.63, 3.8) is 0 Å². The number of nitrogens with one attached hydrogen (secondary N) is 1. The Morgan fingerprint density at radius 3 is 2.00 bits per heavy atom. The second-order valence-electron chi connectivity index (χ2n) is 4.38. The number of hydrogen-bond donors (Lipinski definition) is 2. The Labute approximate surface area is 75.1 Å². The van der Waals surface area contributed by atoms with Gasteiger partial charge in [0.05, 0.1) is 11.2 Å². The number of ether oxygens (including phenoxy) is 1. The molecule has 0 unspecified atom stereocenters. The fraction of sp³-hybridized carbons (Fsp3) is 1.00. The third kappa shape index (κ3) is 6.58. The van der Waals surface area contributed by atoms with Crippen LogP contribution in [-0.4, -0.2) is 36.5 Å². The minimum Gasteiger partial charge on any atom is -0.389 e. The summed E-state index contributed by atoms with van der Waals surface area (Å²) in [6.45, 7) is 8.89. The molecule has 0 saturated heterocycles. The fourth-order valence-corrected chi connectivity index (χ4v) is 0.742. The van der Waals surface area contributed by atoms with Gasteiger partial charge in [0.1, 0.15) is 0 Å². The van der Waals surface area contributed by atoms with E-state index in [0.717, 1.165) is 6.54 Å². The van der Waals surface area contributed by atoms with Crippen LogP contribution in [0, 0.1) is 0 Å². The Hall–Kier alpha value is -0.120. The van der Waals surface area contributed by atoms with Gasteiger partial charge in [-0.25, -0.2) is 0 Å². The summed E-state index contributed by atoms with van der Waals surface area (Å²) in [5.41, 5.74) is -0.810. The highest BCUT2D eigenvalue weighted by molar-refractivity contribution is 4.75. The summed E-state index contributed by atoms with van der Waals surface area (Å²) in [6.07, 6.45) is 0. The standard InChI is InChI=1S/C9H21NO2/c1-8(2,11)6-10-7-9(3,4)12-5/h10-11H,6-7H2,1-5H3. The molecular weight excluding hydrogens is 154 g/mol. The van der Waals surface area contributed by atoms with Gasteiger partial charge in [0.15, 0.2) is 0 Å². The average Bonchev–Trinajstić information content (AvgIpc) is 1.84. The van der Waals surface area contributed by atoms with Crippen molar-refractivity contribution >= 4 is 0 Å². The first-order valence-corrected chi connectivity index (χ1v) is 4.25. The molecule has 0 radical (unpaired) electrons. The Kier molecular flexibility index (Phi) is 4.17. The summed E-state index contributed by atoms with van der Waals surface area (Å²) < 4.78 is 5.21. The average molecular weight is 175 g/mol. The highest BCUT2D eigenvalue weighted by atomic mass is 16.5. The van der Waals surface area contributed by atoms with Crippen molar-refractivity contribution in [3.05, 3.63) is 0 Å². The minimum atomic E-state index is -0.649. The summed E-state index contributed by atoms with van der Waals surface area (Å²) >= 11 is 0. The fourth-order valence-electron chi connectivity index (χ4n) is 0.742. The molecule has 0 fully saturated rings. The van der Waals surface area contributed by atoms with E-state index in [1.54, 1.807) is 21.0 Å². The normalized spacial score (nSPS) is 13.5. The van der Waals surface area contributed by atoms with Gasteiger partial charge < -0.3 is 15.2 Å². The number of methoxy groups -OCH3 is 1. The summed E-state index contributed by atoms with van der Waals surface area (Å²) in [6, 6.07) is 0. The van der Waals surface area contributed by atoms with E-state index in [1.165, 1.54) is 0 Å². The molecule has 74 valence electrons. The first-order valence-electron chi connectivity index (χ1n) is 4.25. The molecule has 0 saturated carbocycles. The quantitative estimate of drug-likeness (QED) is 0.648. The van der Waals surface area contributed by atoms with Gasteiger partial charge >= 0.3 is 0 Å². The van der Waals surface area contributed by atoms with Crippen molar-refractivity contribution in [2.24, 2.45) is 0 Å². The zero-order valence-electron chi connectivity index (χ0n) is 8.77. The molecule has 3 heteroatoms. The maximum absolute atomic E-state index is 9.38. The first-order chi connectivity index (χ1) is 5.27. The highest BCUT2D eigenvalue weighted by Crippen LogP contribution is 2.05. The Bertz CT molecular complexity index is 127. The van der Waals surface area contributed by atoms with Crippen molar-refractivity contribution in [1.29, 1.82) is 0 Å². The van der Waals surface area contributed by atoms with Gasteiger partial charge in [-0.2, -0.15) is 0 Å². The zero-order chi connectivity index (χ0) is 9.83. The topological polar surface area (TPSA) is 41.5 Å². The molecule has 0 aliphatic rings. The molecule has 3 nitrogen and oxygen atoms in total. The van der Waals surface area contributed by atoms with Crippen molar-refractivity contribution in [3.8, 4) is 0 Å². The minimum absolute atomic E-state index is 0.161. The number of rotatable bonds is 5. The van der Waals surface area contributed by atoms with Crippen LogP contribution in [0.2, 0.25) is 0 Å². The van der Waals surface area contributed by atoms with Crippen LogP contribution in [0.5, 0.6) is 0 Å². The molecule has 0 amide bonds. The van der Waals surface area contributed by atoms with Crippen molar-refractivity contribution in [1.82, 2.24) is 5.32 Å². The van der Waals surface area contributed by atoms with Crippen LogP contribution in [0.3, 0.4) is 0 Å². The molecule has 0 rings (SSSR count). The molecule has 0 aliphatic carbocycles. The van der Waals surface area contributed by atoms with Crippen LogP contribution in [0.1, 0.15) is 27.7 Å². The Balaban J connectivity index is 3.57. The molecule has 0 aromatic heterocycles. The molecule has 0 aromatic carbocycles. The van der Waals surface area contributed by atoms with Gasteiger partial charge in [0.25, 0.3) is 0 Å². The van der Waals surface area contributed by atoms with Crippen LogP contribution in [0.25, 0.3) is 0 Å². The van der Waals surface area contributed by atoms with Crippen molar-refractivity contribution in [2.45, 2.75) is 38.9 Å². The van der Waals surface area contributed by atoms with Gasteiger partial charge in [0.2, 0.25) is 0 Å². The summed E-state index contributed by atoms with van der Waals surface area (Å²) in [5, 5.41) is 12.5. The van der Waals surface area contributed by atoms with Crippen LogP contribution < -0.4 is 5.32 Å².